The van der Waals surface area contributed by atoms with E-state index >= 15 is 0 Å². The lowest BCUT2D eigenvalue weighted by Crippen LogP contribution is -2.04. The van der Waals surface area contributed by atoms with Crippen molar-refractivity contribution in [3.8, 4) is 16.9 Å². The molecule has 0 saturated carbocycles. The van der Waals surface area contributed by atoms with Crippen LogP contribution in [0.4, 0.5) is 0 Å². The molecule has 0 aliphatic carbocycles. The van der Waals surface area contributed by atoms with Crippen molar-refractivity contribution in [2.24, 2.45) is 5.92 Å². The lowest BCUT2D eigenvalue weighted by Gasteiger charge is -2.14. The quantitative estimate of drug-likeness (QED) is 0.154. The predicted molar refractivity (Wildman–Crippen MR) is 163 cm³/mol. The average molecular weight is 549 g/mol. The highest BCUT2D eigenvalue weighted by molar-refractivity contribution is 5.87. The van der Waals surface area contributed by atoms with Crippen LogP contribution < -0.4 is 4.74 Å². The zero-order valence-electron chi connectivity index (χ0n) is 23.3. The van der Waals surface area contributed by atoms with Gasteiger partial charge in [0.2, 0.25) is 0 Å². The summed E-state index contributed by atoms with van der Waals surface area (Å²) in [4.78, 5) is 22.2. The average Bonchev–Trinajstić information content (AvgIpc) is 2.98. The summed E-state index contributed by atoms with van der Waals surface area (Å²) in [6, 6.07) is 31.8. The van der Waals surface area contributed by atoms with E-state index in [-0.39, 0.29) is 17.9 Å². The topological polar surface area (TPSA) is 83.8 Å². The number of benzene rings is 4. The SMILES string of the molecule is Cc1ccc(-c2ccc(COc3ccccc3C=CC(CCCCC(=O)O)Cc3ccc(C(=O)O)cc3)cc2)cc1. The maximum atomic E-state index is 11.2. The Kier molecular flexibility index (Phi) is 10.5. The van der Waals surface area contributed by atoms with Crippen LogP contribution in [0.25, 0.3) is 17.2 Å². The number of rotatable bonds is 14. The molecule has 0 spiro atoms. The van der Waals surface area contributed by atoms with Crippen molar-refractivity contribution in [2.75, 3.05) is 0 Å². The molecule has 0 fully saturated rings. The van der Waals surface area contributed by atoms with Crippen LogP contribution in [0.3, 0.4) is 0 Å². The van der Waals surface area contributed by atoms with Gasteiger partial charge in [-0.1, -0.05) is 103 Å². The third kappa shape index (κ3) is 9.21. The van der Waals surface area contributed by atoms with Gasteiger partial charge in [0.25, 0.3) is 0 Å². The number of aromatic carboxylic acids is 1. The monoisotopic (exact) mass is 548 g/mol. The molecule has 0 radical (unpaired) electrons. The van der Waals surface area contributed by atoms with E-state index in [4.69, 9.17) is 9.84 Å². The largest absolute Gasteiger partial charge is 0.488 e. The van der Waals surface area contributed by atoms with E-state index < -0.39 is 11.9 Å². The molecule has 4 rings (SSSR count). The van der Waals surface area contributed by atoms with E-state index in [0.29, 0.717) is 13.0 Å². The fourth-order valence-electron chi connectivity index (χ4n) is 4.73. The molecule has 5 nitrogen and oxygen atoms in total. The molecular weight excluding hydrogens is 512 g/mol. The number of carboxylic acids is 2. The zero-order valence-corrected chi connectivity index (χ0v) is 23.3. The molecule has 2 N–H and O–H groups in total. The Bertz CT molecular complexity index is 1450. The van der Waals surface area contributed by atoms with Gasteiger partial charge >= 0.3 is 11.9 Å². The molecule has 1 atom stereocenters. The van der Waals surface area contributed by atoms with Crippen LogP contribution in [0, 0.1) is 12.8 Å². The van der Waals surface area contributed by atoms with E-state index in [1.54, 1.807) is 12.1 Å². The smallest absolute Gasteiger partial charge is 0.335 e. The van der Waals surface area contributed by atoms with Crippen molar-refractivity contribution >= 4 is 18.0 Å². The van der Waals surface area contributed by atoms with Crippen molar-refractivity contribution in [1.82, 2.24) is 0 Å². The lowest BCUT2D eigenvalue weighted by molar-refractivity contribution is -0.137. The molecule has 0 aromatic heterocycles. The maximum Gasteiger partial charge on any atom is 0.335 e. The number of carbonyl (C=O) groups is 2. The summed E-state index contributed by atoms with van der Waals surface area (Å²) in [7, 11) is 0. The fourth-order valence-corrected chi connectivity index (χ4v) is 4.73. The summed E-state index contributed by atoms with van der Waals surface area (Å²) in [6.45, 7) is 2.54. The molecule has 210 valence electrons. The summed E-state index contributed by atoms with van der Waals surface area (Å²) < 4.78 is 6.22. The molecule has 5 heteroatoms. The first-order valence-electron chi connectivity index (χ1n) is 14.0. The van der Waals surface area contributed by atoms with E-state index in [1.165, 1.54) is 16.7 Å². The molecule has 41 heavy (non-hydrogen) atoms. The van der Waals surface area contributed by atoms with Gasteiger partial charge in [0.1, 0.15) is 12.4 Å². The Morgan fingerprint density at radius 2 is 1.41 bits per heavy atom. The van der Waals surface area contributed by atoms with Crippen molar-refractivity contribution in [2.45, 2.75) is 45.6 Å². The second kappa shape index (κ2) is 14.7. The number of para-hydroxylation sites is 1. The number of carboxylic acid groups (broad SMARTS) is 2. The van der Waals surface area contributed by atoms with E-state index in [0.717, 1.165) is 41.7 Å². The number of aliphatic carboxylic acids is 1. The summed E-state index contributed by atoms with van der Waals surface area (Å²) in [6.07, 6.45) is 7.38. The van der Waals surface area contributed by atoms with Crippen LogP contribution in [0.5, 0.6) is 5.75 Å². The normalized spacial score (nSPS) is 11.8. The van der Waals surface area contributed by atoms with Gasteiger partial charge < -0.3 is 14.9 Å². The number of hydrogen-bond donors (Lipinski definition) is 2. The van der Waals surface area contributed by atoms with Crippen molar-refractivity contribution in [3.05, 3.63) is 131 Å². The van der Waals surface area contributed by atoms with Gasteiger partial charge in [-0.05, 0) is 72.6 Å². The van der Waals surface area contributed by atoms with Gasteiger partial charge in [0.15, 0.2) is 0 Å². The first kappa shape index (κ1) is 29.3. The van der Waals surface area contributed by atoms with Gasteiger partial charge in [-0.25, -0.2) is 4.79 Å². The van der Waals surface area contributed by atoms with Crippen LogP contribution in [-0.4, -0.2) is 22.2 Å². The molecule has 0 heterocycles. The Hall–Kier alpha value is -4.64. The Morgan fingerprint density at radius 1 is 0.780 bits per heavy atom. The molecule has 4 aromatic carbocycles. The number of allylic oxidation sites excluding steroid dienone is 1. The molecular formula is C36H36O5. The van der Waals surface area contributed by atoms with Crippen molar-refractivity contribution in [3.63, 3.8) is 0 Å². The van der Waals surface area contributed by atoms with Crippen LogP contribution in [0.15, 0.2) is 103 Å². The maximum absolute atomic E-state index is 11.2. The summed E-state index contributed by atoms with van der Waals surface area (Å²) in [5.41, 5.74) is 6.96. The Morgan fingerprint density at radius 3 is 2.07 bits per heavy atom. The third-order valence-electron chi connectivity index (χ3n) is 7.11. The first-order chi connectivity index (χ1) is 19.9. The number of aryl methyl sites for hydroxylation is 1. The van der Waals surface area contributed by atoms with E-state index in [1.807, 2.05) is 36.4 Å². The first-order valence-corrected chi connectivity index (χ1v) is 14.0. The lowest BCUT2D eigenvalue weighted by atomic mass is 9.92. The molecule has 0 aliphatic heterocycles. The van der Waals surface area contributed by atoms with Crippen LogP contribution in [-0.2, 0) is 17.8 Å². The fraction of sp³-hybridized carbons (Fsp3) is 0.222. The van der Waals surface area contributed by atoms with E-state index in [9.17, 15) is 14.7 Å². The second-order valence-corrected chi connectivity index (χ2v) is 10.4. The Balaban J connectivity index is 1.42. The van der Waals surface area contributed by atoms with Crippen molar-refractivity contribution < 1.29 is 24.5 Å². The molecule has 4 aromatic rings. The minimum atomic E-state index is -0.944. The van der Waals surface area contributed by atoms with E-state index in [2.05, 4.69) is 67.6 Å². The minimum Gasteiger partial charge on any atom is -0.488 e. The summed E-state index contributed by atoms with van der Waals surface area (Å²) >= 11 is 0. The molecule has 0 amide bonds. The van der Waals surface area contributed by atoms with Crippen LogP contribution in [0.2, 0.25) is 0 Å². The van der Waals surface area contributed by atoms with Crippen LogP contribution >= 0.6 is 0 Å². The van der Waals surface area contributed by atoms with Gasteiger partial charge in [0, 0.05) is 12.0 Å². The zero-order chi connectivity index (χ0) is 29.0. The van der Waals surface area contributed by atoms with Crippen LogP contribution in [0.1, 0.15) is 58.3 Å². The third-order valence-corrected chi connectivity index (χ3v) is 7.11. The van der Waals surface area contributed by atoms with Crippen molar-refractivity contribution in [1.29, 1.82) is 0 Å². The standard InChI is InChI=1S/C36H36O5/c1-26-10-17-30(18-11-26)31-19-15-29(16-20-31)25-41-34-8-4-3-7-32(34)21-12-27(6-2-5-9-35(37)38)24-28-13-22-33(23-14-28)36(39)40/h3-4,7-8,10-23,27H,2,5-6,9,24-25H2,1H3,(H,37,38)(H,39,40). The van der Waals surface area contributed by atoms with Gasteiger partial charge in [-0.3, -0.25) is 4.79 Å². The Labute approximate surface area is 241 Å². The number of unbranched alkanes of at least 4 members (excludes halogenated alkanes) is 1. The highest BCUT2D eigenvalue weighted by Gasteiger charge is 2.10. The van der Waals surface area contributed by atoms with Gasteiger partial charge in [0.05, 0.1) is 5.56 Å². The molecule has 0 saturated heterocycles. The summed E-state index contributed by atoms with van der Waals surface area (Å²) in [5.74, 6) is -0.763. The number of ether oxygens (including phenoxy) is 1. The predicted octanol–water partition coefficient (Wildman–Crippen LogP) is 8.46. The highest BCUT2D eigenvalue weighted by atomic mass is 16.5. The molecule has 1 unspecified atom stereocenters. The highest BCUT2D eigenvalue weighted by Crippen LogP contribution is 2.25. The van der Waals surface area contributed by atoms with Gasteiger partial charge in [-0.15, -0.1) is 0 Å². The second-order valence-electron chi connectivity index (χ2n) is 10.4. The molecule has 0 aliphatic rings. The minimum absolute atomic E-state index is 0.159. The molecule has 0 bridgehead atoms. The van der Waals surface area contributed by atoms with Gasteiger partial charge in [-0.2, -0.15) is 0 Å². The summed E-state index contributed by atoms with van der Waals surface area (Å²) in [5, 5.41) is 18.2. The number of hydrogen-bond acceptors (Lipinski definition) is 3.